The van der Waals surface area contributed by atoms with Crippen LogP contribution in [0.1, 0.15) is 44.0 Å². The molecule has 172 valence electrons. The summed E-state index contributed by atoms with van der Waals surface area (Å²) >= 11 is 1.69. The Hall–Kier alpha value is -3.65. The van der Waals surface area contributed by atoms with E-state index in [1.165, 1.54) is 19.1 Å². The number of hydrogen-bond donors (Lipinski definition) is 2. The third-order valence-electron chi connectivity index (χ3n) is 4.94. The summed E-state index contributed by atoms with van der Waals surface area (Å²) in [5.74, 6) is -0.494. The average Bonchev–Trinajstić information content (AvgIpc) is 3.35. The van der Waals surface area contributed by atoms with Gasteiger partial charge in [-0.1, -0.05) is 18.2 Å². The molecule has 2 aromatic carbocycles. The van der Waals surface area contributed by atoms with Crippen molar-refractivity contribution < 1.29 is 23.9 Å². The molecule has 0 aliphatic carbocycles. The third kappa shape index (κ3) is 6.92. The molecule has 3 rings (SSSR count). The molecule has 1 aromatic heterocycles. The molecule has 0 unspecified atom stereocenters. The Morgan fingerprint density at radius 2 is 1.85 bits per heavy atom. The molecule has 0 saturated heterocycles. The van der Waals surface area contributed by atoms with Gasteiger partial charge in [0.15, 0.2) is 0 Å². The molecular formula is C25H26N2O5S. The van der Waals surface area contributed by atoms with Crippen LogP contribution in [0.15, 0.2) is 60.0 Å². The van der Waals surface area contributed by atoms with Crippen molar-refractivity contribution in [2.24, 2.45) is 0 Å². The number of nitrogens with one attached hydrogen (secondary N) is 2. The molecule has 3 aromatic rings. The van der Waals surface area contributed by atoms with Crippen LogP contribution in [0.2, 0.25) is 0 Å². The quantitative estimate of drug-likeness (QED) is 0.431. The molecule has 7 nitrogen and oxygen atoms in total. The SMILES string of the molecule is COC(=O)c1cc(CNC(=O)c2cccc(NC(=O)CCCc3cccs3)c2)ccc1OC. The van der Waals surface area contributed by atoms with Gasteiger partial charge in [0.05, 0.1) is 14.2 Å². The van der Waals surface area contributed by atoms with Crippen LogP contribution < -0.4 is 15.4 Å². The minimum absolute atomic E-state index is 0.0855. The highest BCUT2D eigenvalue weighted by Crippen LogP contribution is 2.21. The highest BCUT2D eigenvalue weighted by molar-refractivity contribution is 7.09. The largest absolute Gasteiger partial charge is 0.496 e. The lowest BCUT2D eigenvalue weighted by Crippen LogP contribution is -2.23. The maximum atomic E-state index is 12.6. The van der Waals surface area contributed by atoms with Crippen molar-refractivity contribution in [1.29, 1.82) is 0 Å². The molecular weight excluding hydrogens is 440 g/mol. The molecule has 0 fully saturated rings. The fraction of sp³-hybridized carbons (Fsp3) is 0.240. The second-order valence-corrected chi connectivity index (χ2v) is 8.30. The number of esters is 1. The van der Waals surface area contributed by atoms with Crippen LogP contribution in [0.5, 0.6) is 5.75 Å². The number of aryl methyl sites for hydroxylation is 1. The van der Waals surface area contributed by atoms with E-state index in [1.54, 1.807) is 53.8 Å². The summed E-state index contributed by atoms with van der Waals surface area (Å²) in [4.78, 5) is 38.1. The number of hydrogen-bond acceptors (Lipinski definition) is 6. The first-order chi connectivity index (χ1) is 16.0. The fourth-order valence-corrected chi connectivity index (χ4v) is 4.01. The van der Waals surface area contributed by atoms with E-state index in [1.807, 2.05) is 11.4 Å². The molecule has 2 amide bonds. The average molecular weight is 467 g/mol. The summed E-state index contributed by atoms with van der Waals surface area (Å²) < 4.78 is 9.96. The lowest BCUT2D eigenvalue weighted by molar-refractivity contribution is -0.116. The molecule has 33 heavy (non-hydrogen) atoms. The normalized spacial score (nSPS) is 10.4. The number of carbonyl (C=O) groups is 3. The zero-order chi connectivity index (χ0) is 23.6. The Morgan fingerprint density at radius 1 is 1.00 bits per heavy atom. The van der Waals surface area contributed by atoms with Gasteiger partial charge in [0.1, 0.15) is 11.3 Å². The summed E-state index contributed by atoms with van der Waals surface area (Å²) in [5, 5.41) is 7.70. The van der Waals surface area contributed by atoms with Crippen LogP contribution in [0.3, 0.4) is 0 Å². The first kappa shape index (κ1) is 24.0. The van der Waals surface area contributed by atoms with Gasteiger partial charge in [-0.25, -0.2) is 4.79 Å². The monoisotopic (exact) mass is 466 g/mol. The van der Waals surface area contributed by atoms with Gasteiger partial charge in [-0.05, 0) is 60.2 Å². The van der Waals surface area contributed by atoms with Gasteiger partial charge in [0.2, 0.25) is 5.91 Å². The van der Waals surface area contributed by atoms with E-state index in [-0.39, 0.29) is 23.9 Å². The van der Waals surface area contributed by atoms with Crippen molar-refractivity contribution in [1.82, 2.24) is 5.32 Å². The second-order valence-electron chi connectivity index (χ2n) is 7.27. The summed E-state index contributed by atoms with van der Waals surface area (Å²) in [7, 11) is 2.77. The van der Waals surface area contributed by atoms with Crippen LogP contribution in [0, 0.1) is 0 Å². The summed E-state index contributed by atoms with van der Waals surface area (Å²) in [6.45, 7) is 0.214. The number of rotatable bonds is 10. The first-order valence-corrected chi connectivity index (χ1v) is 11.3. The lowest BCUT2D eigenvalue weighted by atomic mass is 10.1. The molecule has 0 atom stereocenters. The topological polar surface area (TPSA) is 93.7 Å². The highest BCUT2D eigenvalue weighted by atomic mass is 32.1. The molecule has 0 saturated carbocycles. The molecule has 0 spiro atoms. The van der Waals surface area contributed by atoms with Gasteiger partial charge in [-0.3, -0.25) is 9.59 Å². The number of anilines is 1. The number of methoxy groups -OCH3 is 2. The van der Waals surface area contributed by atoms with Crippen LogP contribution >= 0.6 is 11.3 Å². The zero-order valence-corrected chi connectivity index (χ0v) is 19.4. The van der Waals surface area contributed by atoms with Crippen LogP contribution in [0.25, 0.3) is 0 Å². The van der Waals surface area contributed by atoms with Gasteiger partial charge in [-0.15, -0.1) is 11.3 Å². The van der Waals surface area contributed by atoms with E-state index in [2.05, 4.69) is 16.7 Å². The summed E-state index contributed by atoms with van der Waals surface area (Å²) in [6, 6.07) is 15.9. The number of benzene rings is 2. The Balaban J connectivity index is 1.55. The van der Waals surface area contributed by atoms with E-state index in [9.17, 15) is 14.4 Å². The fourth-order valence-electron chi connectivity index (χ4n) is 3.26. The molecule has 1 heterocycles. The Kier molecular flexibility index (Phi) is 8.60. The van der Waals surface area contributed by atoms with Crippen molar-refractivity contribution in [3.63, 3.8) is 0 Å². The standard InChI is InChI=1S/C25H26N2O5S/c1-31-22-12-11-17(14-21(22)25(30)32-2)16-26-24(29)18-6-3-7-19(15-18)27-23(28)10-4-8-20-9-5-13-33-20/h3,5-7,9,11-15H,4,8,10,16H2,1-2H3,(H,26,29)(H,27,28). The van der Waals surface area contributed by atoms with Gasteiger partial charge in [0, 0.05) is 29.1 Å². The summed E-state index contributed by atoms with van der Waals surface area (Å²) in [6.07, 6.45) is 2.05. The predicted molar refractivity (Wildman–Crippen MR) is 128 cm³/mol. The number of ether oxygens (including phenoxy) is 2. The number of carbonyl (C=O) groups excluding carboxylic acids is 3. The van der Waals surface area contributed by atoms with Crippen molar-refractivity contribution in [3.8, 4) is 5.75 Å². The van der Waals surface area contributed by atoms with Crippen molar-refractivity contribution in [3.05, 3.63) is 81.5 Å². The van der Waals surface area contributed by atoms with Crippen LogP contribution in [0.4, 0.5) is 5.69 Å². The van der Waals surface area contributed by atoms with Crippen molar-refractivity contribution in [2.45, 2.75) is 25.8 Å². The van der Waals surface area contributed by atoms with Crippen LogP contribution in [-0.2, 0) is 22.5 Å². The molecule has 8 heteroatoms. The van der Waals surface area contributed by atoms with E-state index >= 15 is 0 Å². The van der Waals surface area contributed by atoms with Gasteiger partial charge >= 0.3 is 5.97 Å². The Labute approximate surface area is 196 Å². The Bertz CT molecular complexity index is 1110. The number of thiophene rings is 1. The minimum Gasteiger partial charge on any atom is -0.496 e. The van der Waals surface area contributed by atoms with Gasteiger partial charge < -0.3 is 20.1 Å². The molecule has 0 bridgehead atoms. The zero-order valence-electron chi connectivity index (χ0n) is 18.6. The Morgan fingerprint density at radius 3 is 2.58 bits per heavy atom. The molecule has 0 aliphatic heterocycles. The highest BCUT2D eigenvalue weighted by Gasteiger charge is 2.14. The van der Waals surface area contributed by atoms with Gasteiger partial charge in [-0.2, -0.15) is 0 Å². The maximum absolute atomic E-state index is 12.6. The van der Waals surface area contributed by atoms with Crippen LogP contribution in [-0.4, -0.2) is 32.0 Å². The third-order valence-corrected chi connectivity index (χ3v) is 5.87. The van der Waals surface area contributed by atoms with E-state index in [4.69, 9.17) is 9.47 Å². The lowest BCUT2D eigenvalue weighted by Gasteiger charge is -2.11. The van der Waals surface area contributed by atoms with E-state index in [0.717, 1.165) is 18.4 Å². The van der Waals surface area contributed by atoms with E-state index < -0.39 is 5.97 Å². The maximum Gasteiger partial charge on any atom is 0.341 e. The summed E-state index contributed by atoms with van der Waals surface area (Å²) in [5.41, 5.74) is 2.00. The van der Waals surface area contributed by atoms with Gasteiger partial charge in [0.25, 0.3) is 5.91 Å². The van der Waals surface area contributed by atoms with Crippen molar-refractivity contribution >= 4 is 34.8 Å². The molecule has 2 N–H and O–H groups in total. The number of amides is 2. The molecule has 0 radical (unpaired) electrons. The molecule has 0 aliphatic rings. The minimum atomic E-state index is -0.515. The van der Waals surface area contributed by atoms with E-state index in [0.29, 0.717) is 23.4 Å². The smallest absolute Gasteiger partial charge is 0.341 e. The second kappa shape index (κ2) is 11.8. The first-order valence-electron chi connectivity index (χ1n) is 10.5. The predicted octanol–water partition coefficient (Wildman–Crippen LogP) is 4.43. The van der Waals surface area contributed by atoms with Crippen molar-refractivity contribution in [2.75, 3.05) is 19.5 Å².